The van der Waals surface area contributed by atoms with Crippen LogP contribution in [0.2, 0.25) is 0 Å². The first-order chi connectivity index (χ1) is 10.1. The van der Waals surface area contributed by atoms with E-state index in [4.69, 9.17) is 5.73 Å². The lowest BCUT2D eigenvalue weighted by Gasteiger charge is -2.39. The average molecular weight is 289 g/mol. The molecule has 1 fully saturated rings. The van der Waals surface area contributed by atoms with Crippen molar-refractivity contribution in [2.75, 3.05) is 19.6 Å². The van der Waals surface area contributed by atoms with Crippen LogP contribution in [0.1, 0.15) is 38.3 Å². The van der Waals surface area contributed by atoms with E-state index >= 15 is 0 Å². The Labute approximate surface area is 127 Å². The molecule has 0 aromatic heterocycles. The van der Waals surface area contributed by atoms with Crippen molar-refractivity contribution in [1.82, 2.24) is 10.2 Å². The fourth-order valence-electron chi connectivity index (χ4n) is 3.22. The third kappa shape index (κ3) is 4.55. The van der Waals surface area contributed by atoms with E-state index < -0.39 is 0 Å². The molecule has 21 heavy (non-hydrogen) atoms. The van der Waals surface area contributed by atoms with Crippen LogP contribution >= 0.6 is 0 Å². The number of hydrogen-bond donors (Lipinski definition) is 2. The van der Waals surface area contributed by atoms with Gasteiger partial charge in [-0.1, -0.05) is 30.3 Å². The minimum Gasteiger partial charge on any atom is -0.356 e. The number of likely N-dealkylation sites (tertiary alicyclic amines) is 1. The standard InChI is InChI=1S/C17H27N3O/c1-13(18)17(16-6-4-3-5-7-16)20-10-8-15(9-11-20)12-19-14(2)21/h3-7,13,15,17H,8-12,18H2,1-2H3,(H,19,21). The van der Waals surface area contributed by atoms with Crippen molar-refractivity contribution < 1.29 is 4.79 Å². The second kappa shape index (κ2) is 7.57. The van der Waals surface area contributed by atoms with Gasteiger partial charge in [0.05, 0.1) is 0 Å². The van der Waals surface area contributed by atoms with Crippen LogP contribution in [0.25, 0.3) is 0 Å². The van der Waals surface area contributed by atoms with Crippen molar-refractivity contribution in [2.45, 2.75) is 38.8 Å². The van der Waals surface area contributed by atoms with Gasteiger partial charge in [-0.2, -0.15) is 0 Å². The predicted molar refractivity (Wildman–Crippen MR) is 85.8 cm³/mol. The van der Waals surface area contributed by atoms with Crippen LogP contribution in [-0.2, 0) is 4.79 Å². The summed E-state index contributed by atoms with van der Waals surface area (Å²) < 4.78 is 0. The van der Waals surface area contributed by atoms with E-state index in [1.807, 2.05) is 6.07 Å². The minimum atomic E-state index is 0.0650. The molecule has 1 saturated heterocycles. The lowest BCUT2D eigenvalue weighted by Crippen LogP contribution is -2.45. The van der Waals surface area contributed by atoms with Crippen LogP contribution in [0.4, 0.5) is 0 Å². The van der Waals surface area contributed by atoms with Gasteiger partial charge in [0.15, 0.2) is 0 Å². The number of nitrogens with one attached hydrogen (secondary N) is 1. The van der Waals surface area contributed by atoms with E-state index in [2.05, 4.69) is 41.4 Å². The Hall–Kier alpha value is -1.39. The molecule has 0 saturated carbocycles. The maximum Gasteiger partial charge on any atom is 0.216 e. The quantitative estimate of drug-likeness (QED) is 0.870. The third-order valence-corrected chi connectivity index (χ3v) is 4.32. The number of nitrogens with zero attached hydrogens (tertiary/aromatic N) is 1. The van der Waals surface area contributed by atoms with Crippen LogP contribution < -0.4 is 11.1 Å². The molecule has 3 N–H and O–H groups in total. The molecule has 1 aliphatic rings. The number of amides is 1. The van der Waals surface area contributed by atoms with Crippen molar-refractivity contribution in [3.05, 3.63) is 35.9 Å². The van der Waals surface area contributed by atoms with E-state index in [0.29, 0.717) is 5.92 Å². The molecule has 2 atom stereocenters. The lowest BCUT2D eigenvalue weighted by molar-refractivity contribution is -0.119. The first-order valence-corrected chi connectivity index (χ1v) is 7.87. The summed E-state index contributed by atoms with van der Waals surface area (Å²) in [5, 5.41) is 2.93. The Kier molecular flexibility index (Phi) is 5.76. The molecule has 0 radical (unpaired) electrons. The summed E-state index contributed by atoms with van der Waals surface area (Å²) in [6, 6.07) is 10.9. The van der Waals surface area contributed by atoms with Crippen molar-refractivity contribution in [2.24, 2.45) is 11.7 Å². The number of piperidine rings is 1. The summed E-state index contributed by atoms with van der Waals surface area (Å²) in [5.41, 5.74) is 7.53. The minimum absolute atomic E-state index is 0.0650. The number of carbonyl (C=O) groups is 1. The number of carbonyl (C=O) groups excluding carboxylic acids is 1. The van der Waals surface area contributed by atoms with Gasteiger partial charge in [-0.15, -0.1) is 0 Å². The number of hydrogen-bond acceptors (Lipinski definition) is 3. The summed E-state index contributed by atoms with van der Waals surface area (Å²) >= 11 is 0. The molecule has 0 bridgehead atoms. The van der Waals surface area contributed by atoms with Crippen LogP contribution in [-0.4, -0.2) is 36.5 Å². The molecule has 1 heterocycles. The maximum atomic E-state index is 11.0. The Bertz CT molecular complexity index is 439. The van der Waals surface area contributed by atoms with Crippen LogP contribution in [0.3, 0.4) is 0 Å². The van der Waals surface area contributed by atoms with Gasteiger partial charge >= 0.3 is 0 Å². The highest BCUT2D eigenvalue weighted by atomic mass is 16.1. The van der Waals surface area contributed by atoms with Crippen molar-refractivity contribution in [1.29, 1.82) is 0 Å². The number of benzene rings is 1. The molecule has 116 valence electrons. The smallest absolute Gasteiger partial charge is 0.216 e. The summed E-state index contributed by atoms with van der Waals surface area (Å²) in [4.78, 5) is 13.5. The average Bonchev–Trinajstić information content (AvgIpc) is 2.47. The molecule has 1 amide bonds. The first-order valence-electron chi connectivity index (χ1n) is 7.87. The first kappa shape index (κ1) is 16.0. The largest absolute Gasteiger partial charge is 0.356 e. The van der Waals surface area contributed by atoms with Gasteiger partial charge < -0.3 is 11.1 Å². The zero-order valence-corrected chi connectivity index (χ0v) is 13.1. The maximum absolute atomic E-state index is 11.0. The predicted octanol–water partition coefficient (Wildman–Crippen LogP) is 1.92. The topological polar surface area (TPSA) is 58.4 Å². The fraction of sp³-hybridized carbons (Fsp3) is 0.588. The molecule has 0 spiro atoms. The van der Waals surface area contributed by atoms with Gasteiger partial charge in [0.1, 0.15) is 0 Å². The summed E-state index contributed by atoms with van der Waals surface area (Å²) in [6.07, 6.45) is 2.24. The van der Waals surface area contributed by atoms with Gasteiger partial charge in [0, 0.05) is 25.6 Å². The highest BCUT2D eigenvalue weighted by Gasteiger charge is 2.28. The zero-order chi connectivity index (χ0) is 15.2. The normalized spacial score (nSPS) is 20.0. The SMILES string of the molecule is CC(=O)NCC1CCN(C(c2ccccc2)C(C)N)CC1. The molecule has 0 aliphatic carbocycles. The second-order valence-electron chi connectivity index (χ2n) is 6.13. The van der Waals surface area contributed by atoms with E-state index in [9.17, 15) is 4.79 Å². The van der Waals surface area contributed by atoms with Crippen LogP contribution in [0, 0.1) is 5.92 Å². The molecular weight excluding hydrogens is 262 g/mol. The van der Waals surface area contributed by atoms with Gasteiger partial charge in [-0.3, -0.25) is 9.69 Å². The molecule has 1 aromatic rings. The van der Waals surface area contributed by atoms with Gasteiger partial charge in [-0.05, 0) is 44.3 Å². The van der Waals surface area contributed by atoms with Crippen molar-refractivity contribution >= 4 is 5.91 Å². The van der Waals surface area contributed by atoms with Gasteiger partial charge in [-0.25, -0.2) is 0 Å². The number of nitrogens with two attached hydrogens (primary N) is 1. The van der Waals surface area contributed by atoms with E-state index in [1.165, 1.54) is 5.56 Å². The molecule has 1 aliphatic heterocycles. The van der Waals surface area contributed by atoms with Gasteiger partial charge in [0.25, 0.3) is 0 Å². The molecule has 1 aromatic carbocycles. The van der Waals surface area contributed by atoms with E-state index in [-0.39, 0.29) is 18.0 Å². The van der Waals surface area contributed by atoms with Gasteiger partial charge in [0.2, 0.25) is 5.91 Å². The summed E-state index contributed by atoms with van der Waals surface area (Å²) in [6.45, 7) is 6.56. The zero-order valence-electron chi connectivity index (χ0n) is 13.1. The monoisotopic (exact) mass is 289 g/mol. The fourth-order valence-corrected chi connectivity index (χ4v) is 3.22. The van der Waals surface area contributed by atoms with Crippen LogP contribution in [0.15, 0.2) is 30.3 Å². The van der Waals surface area contributed by atoms with E-state index in [0.717, 1.165) is 32.5 Å². The highest BCUT2D eigenvalue weighted by molar-refractivity contribution is 5.72. The molecule has 2 rings (SSSR count). The Balaban J connectivity index is 1.94. The third-order valence-electron chi connectivity index (χ3n) is 4.32. The van der Waals surface area contributed by atoms with Crippen molar-refractivity contribution in [3.8, 4) is 0 Å². The summed E-state index contributed by atoms with van der Waals surface area (Å²) in [7, 11) is 0. The lowest BCUT2D eigenvalue weighted by atomic mass is 9.92. The highest BCUT2D eigenvalue weighted by Crippen LogP contribution is 2.28. The molecule has 2 unspecified atom stereocenters. The molecule has 4 nitrogen and oxygen atoms in total. The Morgan fingerprint density at radius 1 is 1.33 bits per heavy atom. The Morgan fingerprint density at radius 2 is 1.95 bits per heavy atom. The van der Waals surface area contributed by atoms with E-state index in [1.54, 1.807) is 6.92 Å². The molecular formula is C17H27N3O. The summed E-state index contributed by atoms with van der Waals surface area (Å²) in [5.74, 6) is 0.657. The van der Waals surface area contributed by atoms with Crippen LogP contribution in [0.5, 0.6) is 0 Å². The molecule has 4 heteroatoms. The Morgan fingerprint density at radius 3 is 2.48 bits per heavy atom. The second-order valence-corrected chi connectivity index (χ2v) is 6.13. The number of rotatable bonds is 5. The van der Waals surface area contributed by atoms with Crippen molar-refractivity contribution in [3.63, 3.8) is 0 Å².